The van der Waals surface area contributed by atoms with Crippen molar-refractivity contribution in [2.24, 2.45) is 0 Å². The number of sulfonamides is 1. The summed E-state index contributed by atoms with van der Waals surface area (Å²) < 4.78 is 36.5. The second-order valence-corrected chi connectivity index (χ2v) is 8.75. The highest BCUT2D eigenvalue weighted by Crippen LogP contribution is 2.27. The van der Waals surface area contributed by atoms with Gasteiger partial charge >= 0.3 is 11.9 Å². The standard InChI is InChI=1S/C21H22N2O7S/c1-29-20(25)14-11-15(21(26)30-2)13-16(12-14)22-19(24)18-9-6-10-23(18)31(27,28)17-7-4-3-5-8-17/h3-5,7-8,11-13,18H,6,9-10H2,1-2H3,(H,22,24). The van der Waals surface area contributed by atoms with Gasteiger partial charge in [0.2, 0.25) is 15.9 Å². The number of carbonyl (C=O) groups excluding carboxylic acids is 3. The molecule has 1 amide bonds. The van der Waals surface area contributed by atoms with Crippen molar-refractivity contribution >= 4 is 33.6 Å². The highest BCUT2D eigenvalue weighted by Gasteiger charge is 2.39. The molecule has 10 heteroatoms. The molecule has 2 aromatic rings. The lowest BCUT2D eigenvalue weighted by Gasteiger charge is -2.23. The van der Waals surface area contributed by atoms with Gasteiger partial charge in [0.25, 0.3) is 0 Å². The minimum Gasteiger partial charge on any atom is -0.465 e. The first kappa shape index (κ1) is 22.4. The molecule has 164 valence electrons. The van der Waals surface area contributed by atoms with Gasteiger partial charge < -0.3 is 14.8 Å². The second kappa shape index (κ2) is 9.27. The van der Waals surface area contributed by atoms with Crippen LogP contribution in [-0.4, -0.2) is 57.4 Å². The van der Waals surface area contributed by atoms with Crippen molar-refractivity contribution in [3.05, 3.63) is 59.7 Å². The minimum absolute atomic E-state index is 0.0425. The van der Waals surface area contributed by atoms with Crippen molar-refractivity contribution in [1.29, 1.82) is 0 Å². The van der Waals surface area contributed by atoms with Crippen LogP contribution >= 0.6 is 0 Å². The summed E-state index contributed by atoms with van der Waals surface area (Å²) in [6, 6.07) is 11.0. The molecule has 0 aliphatic carbocycles. The molecule has 1 fully saturated rings. The Morgan fingerprint density at radius 1 is 0.968 bits per heavy atom. The van der Waals surface area contributed by atoms with E-state index in [1.165, 1.54) is 48.9 Å². The molecule has 1 saturated heterocycles. The van der Waals surface area contributed by atoms with Crippen LogP contribution in [0, 0.1) is 0 Å². The number of esters is 2. The Kier molecular flexibility index (Phi) is 6.71. The zero-order chi connectivity index (χ0) is 22.6. The van der Waals surface area contributed by atoms with Crippen molar-refractivity contribution in [3.63, 3.8) is 0 Å². The second-order valence-electron chi connectivity index (χ2n) is 6.86. The summed E-state index contributed by atoms with van der Waals surface area (Å²) in [6.07, 6.45) is 0.873. The van der Waals surface area contributed by atoms with Gasteiger partial charge in [0, 0.05) is 12.2 Å². The Morgan fingerprint density at radius 2 is 1.55 bits per heavy atom. The van der Waals surface area contributed by atoms with Crippen molar-refractivity contribution in [3.8, 4) is 0 Å². The molecule has 3 rings (SSSR count). The predicted octanol–water partition coefficient (Wildman–Crippen LogP) is 2.05. The van der Waals surface area contributed by atoms with E-state index in [0.29, 0.717) is 12.8 Å². The van der Waals surface area contributed by atoms with Crippen LogP contribution in [0.3, 0.4) is 0 Å². The summed E-state index contributed by atoms with van der Waals surface area (Å²) in [5.41, 5.74) is 0.235. The van der Waals surface area contributed by atoms with Crippen LogP contribution in [0.25, 0.3) is 0 Å². The van der Waals surface area contributed by atoms with E-state index in [1.807, 2.05) is 0 Å². The molecule has 0 spiro atoms. The van der Waals surface area contributed by atoms with Crippen LogP contribution in [0.15, 0.2) is 53.4 Å². The molecular weight excluding hydrogens is 424 g/mol. The Bertz CT molecular complexity index is 1070. The molecule has 1 aliphatic rings. The van der Waals surface area contributed by atoms with Gasteiger partial charge in [0.1, 0.15) is 6.04 Å². The first-order valence-corrected chi connectivity index (χ1v) is 10.9. The topological polar surface area (TPSA) is 119 Å². The third-order valence-electron chi connectivity index (χ3n) is 4.90. The third-order valence-corrected chi connectivity index (χ3v) is 6.82. The molecule has 1 unspecified atom stereocenters. The number of carbonyl (C=O) groups is 3. The van der Waals surface area contributed by atoms with Gasteiger partial charge in [-0.2, -0.15) is 4.31 Å². The lowest BCUT2D eigenvalue weighted by Crippen LogP contribution is -2.43. The Balaban J connectivity index is 1.88. The van der Waals surface area contributed by atoms with Crippen LogP contribution in [0.1, 0.15) is 33.6 Å². The maximum Gasteiger partial charge on any atom is 0.337 e. The number of anilines is 1. The maximum atomic E-state index is 13.0. The molecule has 9 nitrogen and oxygen atoms in total. The van der Waals surface area contributed by atoms with Gasteiger partial charge in [-0.25, -0.2) is 18.0 Å². The van der Waals surface area contributed by atoms with Crippen molar-refractivity contribution in [2.45, 2.75) is 23.8 Å². The number of hydrogen-bond acceptors (Lipinski definition) is 7. The van der Waals surface area contributed by atoms with Gasteiger partial charge in [0.05, 0.1) is 30.2 Å². The highest BCUT2D eigenvalue weighted by molar-refractivity contribution is 7.89. The molecule has 1 N–H and O–H groups in total. The number of ether oxygens (including phenoxy) is 2. The summed E-state index contributed by atoms with van der Waals surface area (Å²) in [7, 11) is -1.47. The maximum absolute atomic E-state index is 13.0. The lowest BCUT2D eigenvalue weighted by molar-refractivity contribution is -0.119. The van der Waals surface area contributed by atoms with E-state index < -0.39 is 33.9 Å². The molecule has 31 heavy (non-hydrogen) atoms. The van der Waals surface area contributed by atoms with E-state index in [0.717, 1.165) is 0 Å². The van der Waals surface area contributed by atoms with Crippen LogP contribution in [0.5, 0.6) is 0 Å². The van der Waals surface area contributed by atoms with Gasteiger partial charge in [-0.05, 0) is 43.2 Å². The van der Waals surface area contributed by atoms with Crippen LogP contribution in [0.2, 0.25) is 0 Å². The number of methoxy groups -OCH3 is 2. The number of hydrogen-bond donors (Lipinski definition) is 1. The smallest absolute Gasteiger partial charge is 0.337 e. The fraction of sp³-hybridized carbons (Fsp3) is 0.286. The lowest BCUT2D eigenvalue weighted by atomic mass is 10.1. The summed E-state index contributed by atoms with van der Waals surface area (Å²) in [5.74, 6) is -1.96. The summed E-state index contributed by atoms with van der Waals surface area (Å²) >= 11 is 0. The van der Waals surface area contributed by atoms with E-state index in [4.69, 9.17) is 0 Å². The molecule has 0 radical (unpaired) electrons. The largest absolute Gasteiger partial charge is 0.465 e. The number of rotatable bonds is 6. The molecule has 0 aromatic heterocycles. The zero-order valence-corrected chi connectivity index (χ0v) is 17.8. The number of amides is 1. The SMILES string of the molecule is COC(=O)c1cc(NC(=O)C2CCCN2S(=O)(=O)c2ccccc2)cc(C(=O)OC)c1. The minimum atomic E-state index is -3.85. The average molecular weight is 446 g/mol. The third kappa shape index (κ3) is 4.75. The molecule has 1 atom stereocenters. The average Bonchev–Trinajstić information content (AvgIpc) is 3.29. The summed E-state index contributed by atoms with van der Waals surface area (Å²) in [5, 5.41) is 2.62. The van der Waals surface area contributed by atoms with Crippen LogP contribution in [0.4, 0.5) is 5.69 Å². The Labute approximate surface area is 180 Å². The van der Waals surface area contributed by atoms with E-state index in [1.54, 1.807) is 18.2 Å². The van der Waals surface area contributed by atoms with E-state index in [9.17, 15) is 22.8 Å². The van der Waals surface area contributed by atoms with Crippen LogP contribution < -0.4 is 5.32 Å². The van der Waals surface area contributed by atoms with E-state index >= 15 is 0 Å². The monoisotopic (exact) mass is 446 g/mol. The van der Waals surface area contributed by atoms with Crippen LogP contribution in [-0.2, 0) is 24.3 Å². The summed E-state index contributed by atoms with van der Waals surface area (Å²) in [4.78, 5) is 36.9. The molecular formula is C21H22N2O7S. The zero-order valence-electron chi connectivity index (χ0n) is 17.0. The molecule has 2 aromatic carbocycles. The molecule has 0 bridgehead atoms. The fourth-order valence-electron chi connectivity index (χ4n) is 3.41. The van der Waals surface area contributed by atoms with Gasteiger partial charge in [-0.15, -0.1) is 0 Å². The Morgan fingerprint density at radius 3 is 2.10 bits per heavy atom. The van der Waals surface area contributed by atoms with Gasteiger partial charge in [-0.1, -0.05) is 18.2 Å². The van der Waals surface area contributed by atoms with E-state index in [-0.39, 0.29) is 28.3 Å². The van der Waals surface area contributed by atoms with E-state index in [2.05, 4.69) is 14.8 Å². The first-order chi connectivity index (χ1) is 14.8. The summed E-state index contributed by atoms with van der Waals surface area (Å²) in [6.45, 7) is 0.213. The van der Waals surface area contributed by atoms with Crippen molar-refractivity contribution < 1.29 is 32.3 Å². The van der Waals surface area contributed by atoms with Gasteiger partial charge in [-0.3, -0.25) is 4.79 Å². The van der Waals surface area contributed by atoms with Gasteiger partial charge in [0.15, 0.2) is 0 Å². The normalized spacial score (nSPS) is 16.5. The first-order valence-electron chi connectivity index (χ1n) is 9.47. The quantitative estimate of drug-likeness (QED) is 0.675. The number of nitrogens with one attached hydrogen (secondary N) is 1. The molecule has 1 aliphatic heterocycles. The predicted molar refractivity (Wildman–Crippen MR) is 111 cm³/mol. The Hall–Kier alpha value is -3.24. The molecule has 1 heterocycles. The number of nitrogens with zero attached hydrogens (tertiary/aromatic N) is 1. The fourth-order valence-corrected chi connectivity index (χ4v) is 5.09. The highest BCUT2D eigenvalue weighted by atomic mass is 32.2. The van der Waals surface area contributed by atoms with Crippen molar-refractivity contribution in [2.75, 3.05) is 26.1 Å². The van der Waals surface area contributed by atoms with Crippen molar-refractivity contribution in [1.82, 2.24) is 4.31 Å². The molecule has 0 saturated carbocycles. The number of benzene rings is 2.